The molecule has 164 valence electrons. The lowest BCUT2D eigenvalue weighted by Crippen LogP contribution is -2.36. The highest BCUT2D eigenvalue weighted by Crippen LogP contribution is 2.42. The summed E-state index contributed by atoms with van der Waals surface area (Å²) in [6.45, 7) is 1.71. The summed E-state index contributed by atoms with van der Waals surface area (Å²) < 4.78 is 7.87. The Balaban J connectivity index is 1.46. The highest BCUT2D eigenvalue weighted by atomic mass is 16.5. The molecule has 0 bridgehead atoms. The molecule has 1 N–H and O–H groups in total. The van der Waals surface area contributed by atoms with Crippen LogP contribution in [0.3, 0.4) is 0 Å². The standard InChI is InChI=1S/C27H25N5O/c1-33-24-12-5-3-10-22(24)26-25-21(20-9-2-4-11-23(20)30-25)13-17-31(26)18-19-8-6-16-32(19)27-28-14-7-15-29-27/h2-12,14-16,26,30H,13,17-18H2,1H3/t26-/m0/s1. The number of ether oxygens (including phenoxy) is 1. The van der Waals surface area contributed by atoms with Gasteiger partial charge in [-0.15, -0.1) is 0 Å². The van der Waals surface area contributed by atoms with E-state index in [0.29, 0.717) is 5.95 Å². The van der Waals surface area contributed by atoms with Gasteiger partial charge in [0.2, 0.25) is 5.95 Å². The van der Waals surface area contributed by atoms with Gasteiger partial charge >= 0.3 is 0 Å². The van der Waals surface area contributed by atoms with Gasteiger partial charge in [0.05, 0.1) is 13.2 Å². The number of H-pyrrole nitrogens is 1. The van der Waals surface area contributed by atoms with Gasteiger partial charge in [-0.3, -0.25) is 9.47 Å². The molecule has 1 atom stereocenters. The van der Waals surface area contributed by atoms with Gasteiger partial charge in [-0.1, -0.05) is 36.4 Å². The van der Waals surface area contributed by atoms with E-state index in [1.165, 1.54) is 27.7 Å². The van der Waals surface area contributed by atoms with E-state index < -0.39 is 0 Å². The smallest absolute Gasteiger partial charge is 0.233 e. The normalized spacial score (nSPS) is 16.1. The van der Waals surface area contributed by atoms with Crippen LogP contribution in [0.1, 0.15) is 28.6 Å². The number of benzene rings is 2. The molecule has 0 fully saturated rings. The fraction of sp³-hybridized carbons (Fsp3) is 0.185. The average Bonchev–Trinajstić information content (AvgIpc) is 3.49. The Morgan fingerprint density at radius 2 is 1.79 bits per heavy atom. The molecule has 1 aliphatic rings. The van der Waals surface area contributed by atoms with E-state index in [4.69, 9.17) is 4.74 Å². The molecule has 4 heterocycles. The van der Waals surface area contributed by atoms with Gasteiger partial charge in [-0.25, -0.2) is 9.97 Å². The number of hydrogen-bond donors (Lipinski definition) is 1. The van der Waals surface area contributed by atoms with Crippen molar-refractivity contribution in [3.05, 3.63) is 108 Å². The van der Waals surface area contributed by atoms with Gasteiger partial charge in [-0.2, -0.15) is 0 Å². The van der Waals surface area contributed by atoms with Crippen molar-refractivity contribution in [3.63, 3.8) is 0 Å². The second-order valence-corrected chi connectivity index (χ2v) is 8.35. The van der Waals surface area contributed by atoms with E-state index >= 15 is 0 Å². The third kappa shape index (κ3) is 3.39. The van der Waals surface area contributed by atoms with Crippen LogP contribution in [0.2, 0.25) is 0 Å². The van der Waals surface area contributed by atoms with Crippen LogP contribution in [0.15, 0.2) is 85.3 Å². The van der Waals surface area contributed by atoms with Crippen LogP contribution in [-0.4, -0.2) is 38.1 Å². The minimum absolute atomic E-state index is 0.0531. The summed E-state index contributed by atoms with van der Waals surface area (Å²) in [6, 6.07) is 23.0. The Morgan fingerprint density at radius 3 is 2.67 bits per heavy atom. The van der Waals surface area contributed by atoms with Crippen LogP contribution in [0.4, 0.5) is 0 Å². The van der Waals surface area contributed by atoms with Crippen LogP contribution < -0.4 is 4.74 Å². The number of fused-ring (bicyclic) bond motifs is 3. The third-order valence-corrected chi connectivity index (χ3v) is 6.53. The Labute approximate surface area is 192 Å². The number of hydrogen-bond acceptors (Lipinski definition) is 4. The van der Waals surface area contributed by atoms with Crippen molar-refractivity contribution in [1.82, 2.24) is 24.4 Å². The first-order valence-corrected chi connectivity index (χ1v) is 11.2. The second-order valence-electron chi connectivity index (χ2n) is 8.35. The Bertz CT molecular complexity index is 1400. The topological polar surface area (TPSA) is 59.0 Å². The molecule has 2 aromatic carbocycles. The minimum atomic E-state index is 0.0531. The van der Waals surface area contributed by atoms with Gasteiger partial charge in [0, 0.05) is 59.5 Å². The second kappa shape index (κ2) is 8.22. The van der Waals surface area contributed by atoms with E-state index in [-0.39, 0.29) is 6.04 Å². The molecular formula is C27H25N5O. The molecule has 5 aromatic rings. The average molecular weight is 436 g/mol. The molecule has 0 amide bonds. The molecule has 6 rings (SSSR count). The summed E-state index contributed by atoms with van der Waals surface area (Å²) in [5.41, 5.74) is 6.16. The van der Waals surface area contributed by atoms with Crippen molar-refractivity contribution in [1.29, 1.82) is 0 Å². The van der Waals surface area contributed by atoms with Crippen LogP contribution in [-0.2, 0) is 13.0 Å². The Kier molecular flexibility index (Phi) is 4.92. The van der Waals surface area contributed by atoms with Crippen molar-refractivity contribution in [2.24, 2.45) is 0 Å². The quantitative estimate of drug-likeness (QED) is 0.426. The summed E-state index contributed by atoms with van der Waals surface area (Å²) in [7, 11) is 1.75. The molecule has 0 saturated carbocycles. The van der Waals surface area contributed by atoms with E-state index in [9.17, 15) is 0 Å². The minimum Gasteiger partial charge on any atom is -0.496 e. The van der Waals surface area contributed by atoms with Gasteiger partial charge in [-0.05, 0) is 42.3 Å². The fourth-order valence-electron chi connectivity index (χ4n) is 5.07. The van der Waals surface area contributed by atoms with Gasteiger partial charge in [0.1, 0.15) is 5.75 Å². The maximum atomic E-state index is 5.80. The monoisotopic (exact) mass is 435 g/mol. The van der Waals surface area contributed by atoms with E-state index in [1.807, 2.05) is 24.4 Å². The Morgan fingerprint density at radius 1 is 0.970 bits per heavy atom. The van der Waals surface area contributed by atoms with Crippen LogP contribution in [0.5, 0.6) is 5.75 Å². The number of aromatic nitrogens is 4. The van der Waals surface area contributed by atoms with E-state index in [0.717, 1.165) is 31.0 Å². The van der Waals surface area contributed by atoms with E-state index in [2.05, 4.69) is 72.9 Å². The lowest BCUT2D eigenvalue weighted by Gasteiger charge is -2.36. The molecule has 6 heteroatoms. The number of rotatable bonds is 5. The van der Waals surface area contributed by atoms with Crippen molar-refractivity contribution < 1.29 is 4.74 Å². The summed E-state index contributed by atoms with van der Waals surface area (Å²) in [5.74, 6) is 1.59. The first-order chi connectivity index (χ1) is 16.3. The molecule has 33 heavy (non-hydrogen) atoms. The number of nitrogens with one attached hydrogen (secondary N) is 1. The summed E-state index contributed by atoms with van der Waals surface area (Å²) in [5, 5.41) is 1.31. The SMILES string of the molecule is COc1ccccc1[C@H]1c2[nH]c3ccccc3c2CCN1Cc1cccn1-c1ncccn1. The molecular weight excluding hydrogens is 410 g/mol. The zero-order valence-corrected chi connectivity index (χ0v) is 18.5. The van der Waals surface area contributed by atoms with Gasteiger partial charge in [0.15, 0.2) is 0 Å². The highest BCUT2D eigenvalue weighted by molar-refractivity contribution is 5.85. The number of nitrogens with zero attached hydrogens (tertiary/aromatic N) is 4. The van der Waals surface area contributed by atoms with Crippen LogP contribution in [0, 0.1) is 0 Å². The molecule has 0 unspecified atom stereocenters. The first-order valence-electron chi connectivity index (χ1n) is 11.2. The molecule has 3 aromatic heterocycles. The number of aromatic amines is 1. The Hall–Kier alpha value is -3.90. The predicted octanol–water partition coefficient (Wildman–Crippen LogP) is 4.90. The molecule has 0 aliphatic carbocycles. The molecule has 0 radical (unpaired) electrons. The van der Waals surface area contributed by atoms with Crippen LogP contribution in [0.25, 0.3) is 16.9 Å². The van der Waals surface area contributed by atoms with Crippen molar-refractivity contribution in [3.8, 4) is 11.7 Å². The number of methoxy groups -OCH3 is 1. The first kappa shape index (κ1) is 19.8. The highest BCUT2D eigenvalue weighted by Gasteiger charge is 2.33. The van der Waals surface area contributed by atoms with Crippen molar-refractivity contribution >= 4 is 10.9 Å². The predicted molar refractivity (Wildman–Crippen MR) is 129 cm³/mol. The lowest BCUT2D eigenvalue weighted by atomic mass is 9.91. The zero-order valence-electron chi connectivity index (χ0n) is 18.5. The maximum absolute atomic E-state index is 5.80. The largest absolute Gasteiger partial charge is 0.496 e. The lowest BCUT2D eigenvalue weighted by molar-refractivity contribution is 0.195. The van der Waals surface area contributed by atoms with Crippen molar-refractivity contribution in [2.45, 2.75) is 19.0 Å². The molecule has 6 nitrogen and oxygen atoms in total. The van der Waals surface area contributed by atoms with E-state index in [1.54, 1.807) is 19.5 Å². The third-order valence-electron chi connectivity index (χ3n) is 6.53. The van der Waals surface area contributed by atoms with Gasteiger partial charge in [0.25, 0.3) is 0 Å². The summed E-state index contributed by atoms with van der Waals surface area (Å²) >= 11 is 0. The molecule has 0 spiro atoms. The van der Waals surface area contributed by atoms with Crippen molar-refractivity contribution in [2.75, 3.05) is 13.7 Å². The van der Waals surface area contributed by atoms with Gasteiger partial charge < -0.3 is 9.72 Å². The molecule has 0 saturated heterocycles. The maximum Gasteiger partial charge on any atom is 0.233 e. The number of para-hydroxylation sites is 2. The summed E-state index contributed by atoms with van der Waals surface area (Å²) in [4.78, 5) is 15.2. The zero-order chi connectivity index (χ0) is 22.2. The fourth-order valence-corrected chi connectivity index (χ4v) is 5.07. The summed E-state index contributed by atoms with van der Waals surface area (Å²) in [6.07, 6.45) is 6.58. The molecule has 1 aliphatic heterocycles. The van der Waals surface area contributed by atoms with Crippen LogP contribution >= 0.6 is 0 Å².